The smallest absolute Gasteiger partial charge is 0.242 e. The highest BCUT2D eigenvalue weighted by atomic mass is 32.2. The van der Waals surface area contributed by atoms with Crippen LogP contribution < -0.4 is 10.5 Å². The Balaban J connectivity index is 2.11. The molecule has 0 fully saturated rings. The summed E-state index contributed by atoms with van der Waals surface area (Å²) in [5.41, 5.74) is 6.67. The van der Waals surface area contributed by atoms with E-state index in [0.717, 1.165) is 5.56 Å². The lowest BCUT2D eigenvalue weighted by Crippen LogP contribution is -2.28. The average Bonchev–Trinajstić information content (AvgIpc) is 2.48. The Hall–Kier alpha value is -1.83. The van der Waals surface area contributed by atoms with Gasteiger partial charge >= 0.3 is 0 Å². The van der Waals surface area contributed by atoms with E-state index in [1.54, 1.807) is 0 Å². The summed E-state index contributed by atoms with van der Waals surface area (Å²) >= 11 is 4.83. The van der Waals surface area contributed by atoms with Gasteiger partial charge in [0.05, 0.1) is 0 Å². The maximum atomic E-state index is 12.3. The Morgan fingerprint density at radius 1 is 1.19 bits per heavy atom. The molecule has 2 aromatic rings. The van der Waals surface area contributed by atoms with Crippen LogP contribution in [0.25, 0.3) is 0 Å². The van der Waals surface area contributed by atoms with E-state index in [0.29, 0.717) is 6.42 Å². The van der Waals surface area contributed by atoms with Gasteiger partial charge in [-0.25, -0.2) is 13.1 Å². The molecule has 0 unspecified atom stereocenters. The fourth-order valence-corrected chi connectivity index (χ4v) is 3.27. The Bertz CT molecular complexity index is 731. The van der Waals surface area contributed by atoms with Crippen LogP contribution in [0.15, 0.2) is 53.6 Å². The van der Waals surface area contributed by atoms with Gasteiger partial charge in [-0.3, -0.25) is 4.98 Å². The van der Waals surface area contributed by atoms with Gasteiger partial charge in [0.1, 0.15) is 15.6 Å². The zero-order valence-electron chi connectivity index (χ0n) is 11.2. The first kappa shape index (κ1) is 15.6. The molecule has 2 rings (SSSR count). The molecule has 1 aromatic carbocycles. The van der Waals surface area contributed by atoms with Crippen LogP contribution in [0, 0.1) is 0 Å². The molecule has 110 valence electrons. The molecule has 1 aromatic heterocycles. The molecule has 0 saturated heterocycles. The Kier molecular flexibility index (Phi) is 5.00. The van der Waals surface area contributed by atoms with Crippen LogP contribution >= 0.6 is 12.2 Å². The highest BCUT2D eigenvalue weighted by Gasteiger charge is 2.19. The van der Waals surface area contributed by atoms with Crippen molar-refractivity contribution in [2.45, 2.75) is 11.3 Å². The number of nitrogens with two attached hydrogens (primary N) is 1. The van der Waals surface area contributed by atoms with Crippen molar-refractivity contribution in [3.8, 4) is 0 Å². The molecule has 0 atom stereocenters. The summed E-state index contributed by atoms with van der Waals surface area (Å²) in [7, 11) is -3.69. The first-order valence-corrected chi connectivity index (χ1v) is 8.18. The Morgan fingerprint density at radius 2 is 1.90 bits per heavy atom. The fraction of sp³-hybridized carbons (Fsp3) is 0.143. The largest absolute Gasteiger partial charge is 0.388 e. The van der Waals surface area contributed by atoms with Gasteiger partial charge in [-0.05, 0) is 24.1 Å². The maximum Gasteiger partial charge on any atom is 0.242 e. The van der Waals surface area contributed by atoms with E-state index in [9.17, 15) is 8.42 Å². The topological polar surface area (TPSA) is 85.1 Å². The minimum absolute atomic E-state index is 0.00515. The summed E-state index contributed by atoms with van der Waals surface area (Å²) in [6, 6.07) is 12.6. The van der Waals surface area contributed by atoms with E-state index in [-0.39, 0.29) is 22.1 Å². The van der Waals surface area contributed by atoms with Crippen LogP contribution in [-0.4, -0.2) is 24.9 Å². The second-order valence-electron chi connectivity index (χ2n) is 4.35. The van der Waals surface area contributed by atoms with Crippen molar-refractivity contribution in [2.24, 2.45) is 5.73 Å². The third-order valence-electron chi connectivity index (χ3n) is 2.84. The van der Waals surface area contributed by atoms with Crippen LogP contribution in [0.1, 0.15) is 11.3 Å². The van der Waals surface area contributed by atoms with E-state index in [1.807, 2.05) is 30.3 Å². The van der Waals surface area contributed by atoms with Gasteiger partial charge in [-0.2, -0.15) is 0 Å². The van der Waals surface area contributed by atoms with Gasteiger partial charge in [-0.1, -0.05) is 42.5 Å². The van der Waals surface area contributed by atoms with Gasteiger partial charge in [0, 0.05) is 12.7 Å². The number of hydrogen-bond acceptors (Lipinski definition) is 4. The molecule has 0 aliphatic carbocycles. The van der Waals surface area contributed by atoms with E-state index < -0.39 is 10.0 Å². The van der Waals surface area contributed by atoms with Crippen molar-refractivity contribution in [1.29, 1.82) is 0 Å². The van der Waals surface area contributed by atoms with Crippen molar-refractivity contribution in [2.75, 3.05) is 6.54 Å². The predicted octanol–water partition coefficient (Wildman–Crippen LogP) is 1.24. The lowest BCUT2D eigenvalue weighted by Gasteiger charge is -2.09. The zero-order chi connectivity index (χ0) is 15.3. The predicted molar refractivity (Wildman–Crippen MR) is 85.5 cm³/mol. The molecule has 0 aliphatic rings. The number of thiocarbonyl (C=S) groups is 1. The van der Waals surface area contributed by atoms with Crippen LogP contribution in [0.3, 0.4) is 0 Å². The SMILES string of the molecule is NC(=S)c1ncccc1S(=O)(=O)NCCc1ccccc1. The van der Waals surface area contributed by atoms with Crippen molar-refractivity contribution >= 4 is 27.2 Å². The first-order chi connectivity index (χ1) is 10.0. The number of aromatic nitrogens is 1. The monoisotopic (exact) mass is 321 g/mol. The highest BCUT2D eigenvalue weighted by Crippen LogP contribution is 2.12. The standard InChI is InChI=1S/C14H15N3O2S2/c15-14(20)13-12(7-4-9-16-13)21(18,19)17-10-8-11-5-2-1-3-6-11/h1-7,9,17H,8,10H2,(H2,15,20). The van der Waals surface area contributed by atoms with Crippen molar-refractivity contribution in [3.05, 3.63) is 59.9 Å². The number of pyridine rings is 1. The molecule has 0 radical (unpaired) electrons. The van der Waals surface area contributed by atoms with Gasteiger partial charge in [-0.15, -0.1) is 0 Å². The molecule has 21 heavy (non-hydrogen) atoms. The van der Waals surface area contributed by atoms with Crippen molar-refractivity contribution < 1.29 is 8.42 Å². The molecule has 0 saturated carbocycles. The molecular weight excluding hydrogens is 306 g/mol. The molecule has 0 amide bonds. The molecule has 0 bridgehead atoms. The summed E-state index contributed by atoms with van der Waals surface area (Å²) in [6.45, 7) is 0.290. The first-order valence-electron chi connectivity index (χ1n) is 6.29. The zero-order valence-corrected chi connectivity index (χ0v) is 12.8. The number of nitrogens with one attached hydrogen (secondary N) is 1. The fourth-order valence-electron chi connectivity index (χ4n) is 1.84. The van der Waals surface area contributed by atoms with Crippen LogP contribution in [0.2, 0.25) is 0 Å². The number of rotatable bonds is 6. The van der Waals surface area contributed by atoms with Gasteiger partial charge in [0.15, 0.2) is 0 Å². The lowest BCUT2D eigenvalue weighted by molar-refractivity contribution is 0.581. The van der Waals surface area contributed by atoms with E-state index in [2.05, 4.69) is 9.71 Å². The average molecular weight is 321 g/mol. The summed E-state index contributed by atoms with van der Waals surface area (Å²) in [5, 5.41) is 0. The summed E-state index contributed by atoms with van der Waals surface area (Å²) < 4.78 is 27.1. The van der Waals surface area contributed by atoms with E-state index >= 15 is 0 Å². The van der Waals surface area contributed by atoms with Gasteiger partial charge in [0.2, 0.25) is 10.0 Å². The minimum atomic E-state index is -3.69. The third kappa shape index (κ3) is 4.07. The van der Waals surface area contributed by atoms with Gasteiger partial charge < -0.3 is 5.73 Å². The summed E-state index contributed by atoms with van der Waals surface area (Å²) in [4.78, 5) is 3.89. The molecule has 0 aliphatic heterocycles. The second kappa shape index (κ2) is 6.75. The Labute approximate surface area is 129 Å². The normalized spacial score (nSPS) is 11.2. The number of sulfonamides is 1. The van der Waals surface area contributed by atoms with E-state index in [1.165, 1.54) is 18.3 Å². The molecular formula is C14H15N3O2S2. The summed E-state index contributed by atoms with van der Waals surface area (Å²) in [6.07, 6.45) is 2.06. The Morgan fingerprint density at radius 3 is 2.57 bits per heavy atom. The minimum Gasteiger partial charge on any atom is -0.388 e. The van der Waals surface area contributed by atoms with Crippen LogP contribution in [0.5, 0.6) is 0 Å². The van der Waals surface area contributed by atoms with Crippen LogP contribution in [-0.2, 0) is 16.4 Å². The number of nitrogens with zero attached hydrogens (tertiary/aromatic N) is 1. The lowest BCUT2D eigenvalue weighted by atomic mass is 10.2. The molecule has 3 N–H and O–H groups in total. The molecule has 0 spiro atoms. The second-order valence-corrected chi connectivity index (χ2v) is 6.52. The molecule has 5 nitrogen and oxygen atoms in total. The van der Waals surface area contributed by atoms with Crippen molar-refractivity contribution in [3.63, 3.8) is 0 Å². The van der Waals surface area contributed by atoms with Gasteiger partial charge in [0.25, 0.3) is 0 Å². The molecule has 1 heterocycles. The molecule has 7 heteroatoms. The quantitative estimate of drug-likeness (QED) is 0.782. The maximum absolute atomic E-state index is 12.3. The summed E-state index contributed by atoms with van der Waals surface area (Å²) in [5.74, 6) is 0. The van der Waals surface area contributed by atoms with Crippen LogP contribution in [0.4, 0.5) is 0 Å². The number of hydrogen-bond donors (Lipinski definition) is 2. The van der Waals surface area contributed by atoms with E-state index in [4.69, 9.17) is 18.0 Å². The van der Waals surface area contributed by atoms with Crippen molar-refractivity contribution in [1.82, 2.24) is 9.71 Å². The number of benzene rings is 1. The highest BCUT2D eigenvalue weighted by molar-refractivity contribution is 7.89. The third-order valence-corrected chi connectivity index (χ3v) is 4.53.